The zero-order chi connectivity index (χ0) is 14.0. The molecule has 1 heterocycles. The summed E-state index contributed by atoms with van der Waals surface area (Å²) in [4.78, 5) is 0. The number of nitrogens with one attached hydrogen (secondary N) is 1. The molecular formula is C14H17Cl2N3. The van der Waals surface area contributed by atoms with Crippen molar-refractivity contribution >= 4 is 28.9 Å². The van der Waals surface area contributed by atoms with Crippen LogP contribution in [0.25, 0.3) is 0 Å². The Balaban J connectivity index is 2.21. The average Bonchev–Trinajstić information content (AvgIpc) is 2.66. The molecule has 0 aliphatic rings. The molecule has 2 rings (SSSR count). The Morgan fingerprint density at radius 2 is 2.00 bits per heavy atom. The van der Waals surface area contributed by atoms with Gasteiger partial charge in [-0.15, -0.1) is 0 Å². The Hall–Kier alpha value is -1.19. The van der Waals surface area contributed by atoms with Gasteiger partial charge in [0.2, 0.25) is 0 Å². The number of halogens is 2. The zero-order valence-electron chi connectivity index (χ0n) is 11.3. The van der Waals surface area contributed by atoms with Gasteiger partial charge in [-0.2, -0.15) is 5.10 Å². The van der Waals surface area contributed by atoms with Gasteiger partial charge in [-0.05, 0) is 38.5 Å². The molecule has 0 bridgehead atoms. The van der Waals surface area contributed by atoms with Gasteiger partial charge in [-0.25, -0.2) is 0 Å². The summed E-state index contributed by atoms with van der Waals surface area (Å²) in [6.07, 6.45) is 0. The summed E-state index contributed by atoms with van der Waals surface area (Å²) in [6, 6.07) is 5.80. The van der Waals surface area contributed by atoms with E-state index in [9.17, 15) is 0 Å². The third kappa shape index (κ3) is 3.04. The van der Waals surface area contributed by atoms with Crippen molar-refractivity contribution in [1.29, 1.82) is 0 Å². The molecule has 1 aromatic carbocycles. The lowest BCUT2D eigenvalue weighted by atomic mass is 10.2. The van der Waals surface area contributed by atoms with Crippen molar-refractivity contribution in [2.24, 2.45) is 0 Å². The van der Waals surface area contributed by atoms with Gasteiger partial charge in [0.15, 0.2) is 0 Å². The van der Waals surface area contributed by atoms with Crippen LogP contribution in [-0.4, -0.2) is 9.78 Å². The van der Waals surface area contributed by atoms with E-state index in [0.717, 1.165) is 39.2 Å². The number of anilines is 1. The normalized spacial score (nSPS) is 10.8. The first kappa shape index (κ1) is 14.2. The Morgan fingerprint density at radius 3 is 2.68 bits per heavy atom. The first-order valence-corrected chi connectivity index (χ1v) is 7.00. The molecule has 0 aliphatic heterocycles. The fourth-order valence-corrected chi connectivity index (χ4v) is 2.38. The minimum Gasteiger partial charge on any atom is -0.379 e. The van der Waals surface area contributed by atoms with Gasteiger partial charge >= 0.3 is 0 Å². The summed E-state index contributed by atoms with van der Waals surface area (Å²) >= 11 is 12.3. The van der Waals surface area contributed by atoms with Gasteiger partial charge in [0.25, 0.3) is 0 Å². The molecule has 0 saturated heterocycles. The second kappa shape index (κ2) is 5.85. The highest BCUT2D eigenvalue weighted by Crippen LogP contribution is 2.24. The molecule has 19 heavy (non-hydrogen) atoms. The van der Waals surface area contributed by atoms with Crippen molar-refractivity contribution < 1.29 is 0 Å². The summed E-state index contributed by atoms with van der Waals surface area (Å²) < 4.78 is 1.92. The molecule has 1 aromatic heterocycles. The van der Waals surface area contributed by atoms with Gasteiger partial charge in [-0.1, -0.05) is 29.3 Å². The van der Waals surface area contributed by atoms with Gasteiger partial charge in [-0.3, -0.25) is 4.68 Å². The van der Waals surface area contributed by atoms with Crippen molar-refractivity contribution in [3.05, 3.63) is 45.2 Å². The van der Waals surface area contributed by atoms with Crippen molar-refractivity contribution in [3.63, 3.8) is 0 Å². The quantitative estimate of drug-likeness (QED) is 0.904. The first-order valence-electron chi connectivity index (χ1n) is 6.24. The van der Waals surface area contributed by atoms with E-state index in [1.807, 2.05) is 36.7 Å². The van der Waals surface area contributed by atoms with E-state index in [-0.39, 0.29) is 0 Å². The smallest absolute Gasteiger partial charge is 0.0865 e. The molecule has 0 fully saturated rings. The average molecular weight is 298 g/mol. The van der Waals surface area contributed by atoms with Gasteiger partial charge in [0.05, 0.1) is 23.0 Å². The second-order valence-corrected chi connectivity index (χ2v) is 5.29. The second-order valence-electron chi connectivity index (χ2n) is 4.47. The lowest BCUT2D eigenvalue weighted by Crippen LogP contribution is -2.09. The number of nitrogens with zero attached hydrogens (tertiary/aromatic N) is 2. The molecular weight excluding hydrogens is 281 g/mol. The van der Waals surface area contributed by atoms with E-state index in [2.05, 4.69) is 17.3 Å². The van der Waals surface area contributed by atoms with Crippen LogP contribution in [0.2, 0.25) is 10.0 Å². The predicted octanol–water partition coefficient (Wildman–Crippen LogP) is 4.44. The highest BCUT2D eigenvalue weighted by Gasteiger charge is 2.12. The third-order valence-corrected chi connectivity index (χ3v) is 3.83. The fourth-order valence-electron chi connectivity index (χ4n) is 2.00. The molecule has 0 unspecified atom stereocenters. The van der Waals surface area contributed by atoms with Crippen LogP contribution in [0.3, 0.4) is 0 Å². The van der Waals surface area contributed by atoms with Crippen LogP contribution in [0.5, 0.6) is 0 Å². The van der Waals surface area contributed by atoms with Crippen LogP contribution in [0.1, 0.15) is 23.9 Å². The number of aromatic nitrogens is 2. The third-order valence-electron chi connectivity index (χ3n) is 3.10. The van der Waals surface area contributed by atoms with Gasteiger partial charge in [0.1, 0.15) is 0 Å². The number of hydrogen-bond donors (Lipinski definition) is 1. The van der Waals surface area contributed by atoms with Crippen LogP contribution in [0.15, 0.2) is 18.2 Å². The Kier molecular flexibility index (Phi) is 4.38. The summed E-state index contributed by atoms with van der Waals surface area (Å²) in [7, 11) is 0. The predicted molar refractivity (Wildman–Crippen MR) is 81.2 cm³/mol. The minimum absolute atomic E-state index is 0.634. The lowest BCUT2D eigenvalue weighted by Gasteiger charge is -2.11. The van der Waals surface area contributed by atoms with Crippen LogP contribution in [-0.2, 0) is 13.1 Å². The van der Waals surface area contributed by atoms with Crippen molar-refractivity contribution in [2.45, 2.75) is 33.9 Å². The summed E-state index contributed by atoms with van der Waals surface area (Å²) in [6.45, 7) is 7.45. The van der Waals surface area contributed by atoms with E-state index < -0.39 is 0 Å². The molecule has 1 N–H and O–H groups in total. The fraction of sp³-hybridized carbons (Fsp3) is 0.357. The Morgan fingerprint density at radius 1 is 1.26 bits per heavy atom. The lowest BCUT2D eigenvalue weighted by molar-refractivity contribution is 0.623. The van der Waals surface area contributed by atoms with Crippen LogP contribution < -0.4 is 5.32 Å². The maximum absolute atomic E-state index is 6.28. The molecule has 0 saturated carbocycles. The highest BCUT2D eigenvalue weighted by molar-refractivity contribution is 6.32. The van der Waals surface area contributed by atoms with Gasteiger partial charge < -0.3 is 5.32 Å². The number of hydrogen-bond acceptors (Lipinski definition) is 2. The SMILES string of the molecule is CCn1nc(C)c(Cl)c1CNc1cc(Cl)ccc1C. The zero-order valence-corrected chi connectivity index (χ0v) is 12.8. The monoisotopic (exact) mass is 297 g/mol. The molecule has 0 atom stereocenters. The van der Waals surface area contributed by atoms with Crippen molar-refractivity contribution in [1.82, 2.24) is 9.78 Å². The first-order chi connectivity index (χ1) is 9.02. The minimum atomic E-state index is 0.634. The summed E-state index contributed by atoms with van der Waals surface area (Å²) in [5, 5.41) is 9.22. The molecule has 102 valence electrons. The van der Waals surface area contributed by atoms with Crippen molar-refractivity contribution in [2.75, 3.05) is 5.32 Å². The maximum Gasteiger partial charge on any atom is 0.0865 e. The van der Waals surface area contributed by atoms with Crippen LogP contribution in [0.4, 0.5) is 5.69 Å². The Bertz CT molecular complexity index is 591. The van der Waals surface area contributed by atoms with Crippen molar-refractivity contribution in [3.8, 4) is 0 Å². The summed E-state index contributed by atoms with van der Waals surface area (Å²) in [5.74, 6) is 0. The summed E-state index contributed by atoms with van der Waals surface area (Å²) in [5.41, 5.74) is 4.04. The standard InChI is InChI=1S/C14H17Cl2N3/c1-4-19-13(14(16)10(3)18-19)8-17-12-7-11(15)6-5-9(12)2/h5-7,17H,4,8H2,1-3H3. The van der Waals surface area contributed by atoms with E-state index >= 15 is 0 Å². The molecule has 0 radical (unpaired) electrons. The molecule has 0 amide bonds. The molecule has 5 heteroatoms. The van der Waals surface area contributed by atoms with E-state index in [0.29, 0.717) is 6.54 Å². The molecule has 0 aliphatic carbocycles. The molecule has 3 nitrogen and oxygen atoms in total. The number of aryl methyl sites for hydroxylation is 3. The number of rotatable bonds is 4. The van der Waals surface area contributed by atoms with E-state index in [4.69, 9.17) is 23.2 Å². The van der Waals surface area contributed by atoms with Crippen LogP contribution >= 0.6 is 23.2 Å². The maximum atomic E-state index is 6.28. The topological polar surface area (TPSA) is 29.9 Å². The van der Waals surface area contributed by atoms with Crippen LogP contribution in [0, 0.1) is 13.8 Å². The molecule has 0 spiro atoms. The van der Waals surface area contributed by atoms with E-state index in [1.54, 1.807) is 0 Å². The largest absolute Gasteiger partial charge is 0.379 e. The Labute approximate surface area is 123 Å². The number of benzene rings is 1. The molecule has 2 aromatic rings. The van der Waals surface area contributed by atoms with Gasteiger partial charge in [0, 0.05) is 17.3 Å². The van der Waals surface area contributed by atoms with E-state index in [1.165, 1.54) is 0 Å². The highest BCUT2D eigenvalue weighted by atomic mass is 35.5.